The number of nitrogens with one attached hydrogen (secondary N) is 1. The van der Waals surface area contributed by atoms with E-state index in [9.17, 15) is 9.59 Å². The van der Waals surface area contributed by atoms with Gasteiger partial charge >= 0.3 is 12.0 Å². The molecule has 2 amide bonds. The normalized spacial score (nSPS) is 16.2. The number of urea groups is 1. The maximum absolute atomic E-state index is 12.2. The van der Waals surface area contributed by atoms with Gasteiger partial charge in [-0.2, -0.15) is 0 Å². The molecule has 1 unspecified atom stereocenters. The molecule has 2 N–H and O–H groups in total. The summed E-state index contributed by atoms with van der Waals surface area (Å²) in [6.07, 6.45) is 3.76. The van der Waals surface area contributed by atoms with Crippen molar-refractivity contribution in [1.29, 1.82) is 0 Å². The van der Waals surface area contributed by atoms with E-state index in [0.717, 1.165) is 25.8 Å². The molecule has 1 saturated carbocycles. The zero-order valence-corrected chi connectivity index (χ0v) is 12.2. The molecule has 0 aliphatic heterocycles. The van der Waals surface area contributed by atoms with Crippen molar-refractivity contribution in [3.05, 3.63) is 0 Å². The van der Waals surface area contributed by atoms with Crippen molar-refractivity contribution in [2.24, 2.45) is 5.92 Å². The van der Waals surface area contributed by atoms with Gasteiger partial charge in [0.15, 0.2) is 0 Å². The van der Waals surface area contributed by atoms with E-state index in [1.54, 1.807) is 0 Å². The summed E-state index contributed by atoms with van der Waals surface area (Å²) >= 11 is 0. The molecule has 1 rings (SSSR count). The lowest BCUT2D eigenvalue weighted by Gasteiger charge is -2.26. The molecular formula is C14H26N2O3. The van der Waals surface area contributed by atoms with Crippen LogP contribution >= 0.6 is 0 Å². The summed E-state index contributed by atoms with van der Waals surface area (Å²) in [5.74, 6) is -0.303. The van der Waals surface area contributed by atoms with Gasteiger partial charge in [0.2, 0.25) is 0 Å². The van der Waals surface area contributed by atoms with Crippen LogP contribution in [0, 0.1) is 5.92 Å². The number of hydrogen-bond donors (Lipinski definition) is 2. The van der Waals surface area contributed by atoms with Gasteiger partial charge in [0, 0.05) is 18.6 Å². The number of aliphatic carboxylic acids is 1. The Morgan fingerprint density at radius 1 is 1.37 bits per heavy atom. The highest BCUT2D eigenvalue weighted by atomic mass is 16.4. The van der Waals surface area contributed by atoms with Crippen molar-refractivity contribution in [1.82, 2.24) is 10.2 Å². The number of carbonyl (C=O) groups is 2. The van der Waals surface area contributed by atoms with E-state index in [1.807, 2.05) is 11.8 Å². The van der Waals surface area contributed by atoms with Crippen LogP contribution in [0.3, 0.4) is 0 Å². The number of rotatable bonds is 8. The first-order chi connectivity index (χ1) is 8.93. The molecule has 0 heterocycles. The second-order valence-corrected chi connectivity index (χ2v) is 5.76. The van der Waals surface area contributed by atoms with Crippen LogP contribution in [-0.4, -0.2) is 40.6 Å². The lowest BCUT2D eigenvalue weighted by molar-refractivity contribution is -0.137. The molecule has 1 aliphatic carbocycles. The monoisotopic (exact) mass is 270 g/mol. The van der Waals surface area contributed by atoms with Crippen molar-refractivity contribution in [3.63, 3.8) is 0 Å². The maximum atomic E-state index is 12.2. The van der Waals surface area contributed by atoms with Crippen molar-refractivity contribution >= 4 is 12.0 Å². The minimum Gasteiger partial charge on any atom is -0.481 e. The summed E-state index contributed by atoms with van der Waals surface area (Å²) in [6.45, 7) is 6.94. The number of carboxylic acid groups (broad SMARTS) is 1. The molecule has 0 bridgehead atoms. The Labute approximate surface area is 115 Å². The fraction of sp³-hybridized carbons (Fsp3) is 0.857. The summed E-state index contributed by atoms with van der Waals surface area (Å²) in [4.78, 5) is 24.8. The first-order valence-corrected chi connectivity index (χ1v) is 7.23. The van der Waals surface area contributed by atoms with Gasteiger partial charge in [-0.1, -0.05) is 20.8 Å². The van der Waals surface area contributed by atoms with E-state index in [-0.39, 0.29) is 18.5 Å². The number of hydrogen-bond acceptors (Lipinski definition) is 2. The topological polar surface area (TPSA) is 69.6 Å². The van der Waals surface area contributed by atoms with Gasteiger partial charge in [0.25, 0.3) is 0 Å². The van der Waals surface area contributed by atoms with Crippen LogP contribution in [-0.2, 0) is 4.79 Å². The Kier molecular flexibility index (Phi) is 6.12. The molecule has 0 aromatic rings. The van der Waals surface area contributed by atoms with Crippen molar-refractivity contribution < 1.29 is 14.7 Å². The molecule has 0 aromatic carbocycles. The summed E-state index contributed by atoms with van der Waals surface area (Å²) in [7, 11) is 0. The highest BCUT2D eigenvalue weighted by Crippen LogP contribution is 2.27. The number of nitrogens with zero attached hydrogens (tertiary/aromatic N) is 1. The molecule has 0 saturated heterocycles. The summed E-state index contributed by atoms with van der Waals surface area (Å²) in [5.41, 5.74) is 0. The van der Waals surface area contributed by atoms with Gasteiger partial charge in [0.05, 0.1) is 6.42 Å². The second-order valence-electron chi connectivity index (χ2n) is 5.76. The summed E-state index contributed by atoms with van der Waals surface area (Å²) in [5, 5.41) is 11.6. The quantitative estimate of drug-likeness (QED) is 0.712. The Bertz CT molecular complexity index is 314. The van der Waals surface area contributed by atoms with E-state index in [1.165, 1.54) is 0 Å². The van der Waals surface area contributed by atoms with Crippen molar-refractivity contribution in [2.75, 3.05) is 6.54 Å². The molecule has 1 fully saturated rings. The fourth-order valence-corrected chi connectivity index (χ4v) is 2.00. The van der Waals surface area contributed by atoms with Crippen molar-refractivity contribution in [2.45, 2.75) is 65.0 Å². The van der Waals surface area contributed by atoms with Crippen LogP contribution in [0.1, 0.15) is 52.9 Å². The first kappa shape index (κ1) is 15.8. The molecule has 0 radical (unpaired) electrons. The largest absolute Gasteiger partial charge is 0.481 e. The predicted octanol–water partition coefficient (Wildman–Crippen LogP) is 2.46. The molecular weight excluding hydrogens is 244 g/mol. The zero-order valence-electron chi connectivity index (χ0n) is 12.2. The molecule has 19 heavy (non-hydrogen) atoms. The van der Waals surface area contributed by atoms with Gasteiger partial charge in [0.1, 0.15) is 0 Å². The van der Waals surface area contributed by atoms with Gasteiger partial charge in [-0.15, -0.1) is 0 Å². The summed E-state index contributed by atoms with van der Waals surface area (Å²) in [6, 6.07) is -0.0114. The second kappa shape index (κ2) is 7.36. The van der Waals surface area contributed by atoms with Gasteiger partial charge < -0.3 is 15.3 Å². The average molecular weight is 270 g/mol. The fourth-order valence-electron chi connectivity index (χ4n) is 2.00. The van der Waals surface area contributed by atoms with Gasteiger partial charge in [-0.3, -0.25) is 4.79 Å². The van der Waals surface area contributed by atoms with E-state index < -0.39 is 5.97 Å². The molecule has 5 heteroatoms. The van der Waals surface area contributed by atoms with E-state index >= 15 is 0 Å². The van der Waals surface area contributed by atoms with E-state index in [4.69, 9.17) is 5.11 Å². The molecule has 1 atom stereocenters. The third-order valence-corrected chi connectivity index (χ3v) is 3.44. The van der Waals surface area contributed by atoms with Crippen LogP contribution in [0.5, 0.6) is 0 Å². The highest BCUT2D eigenvalue weighted by molar-refractivity contribution is 5.76. The lowest BCUT2D eigenvalue weighted by Crippen LogP contribution is -2.46. The highest BCUT2D eigenvalue weighted by Gasteiger charge is 2.33. The molecule has 5 nitrogen and oxygen atoms in total. The van der Waals surface area contributed by atoms with Gasteiger partial charge in [-0.25, -0.2) is 4.79 Å². The third-order valence-electron chi connectivity index (χ3n) is 3.44. The Morgan fingerprint density at radius 2 is 2.00 bits per heavy atom. The van der Waals surface area contributed by atoms with Crippen LogP contribution in [0.4, 0.5) is 4.79 Å². The van der Waals surface area contributed by atoms with Crippen molar-refractivity contribution in [3.8, 4) is 0 Å². The maximum Gasteiger partial charge on any atom is 0.317 e. The molecule has 0 spiro atoms. The number of amides is 2. The first-order valence-electron chi connectivity index (χ1n) is 7.23. The lowest BCUT2D eigenvalue weighted by atomic mass is 10.1. The molecule has 0 aromatic heterocycles. The SMILES string of the molecule is CCC(CC(=O)O)NC(=O)N(CCC(C)C)C1CC1. The Morgan fingerprint density at radius 3 is 2.42 bits per heavy atom. The summed E-state index contributed by atoms with van der Waals surface area (Å²) < 4.78 is 0. The van der Waals surface area contributed by atoms with Crippen LogP contribution < -0.4 is 5.32 Å². The smallest absolute Gasteiger partial charge is 0.317 e. The van der Waals surface area contributed by atoms with E-state index in [2.05, 4.69) is 19.2 Å². The van der Waals surface area contributed by atoms with Crippen LogP contribution in [0.15, 0.2) is 0 Å². The average Bonchev–Trinajstić information content (AvgIpc) is 3.11. The molecule has 1 aliphatic rings. The minimum absolute atomic E-state index is 0.00900. The number of carboxylic acids is 1. The standard InChI is InChI=1S/C14H26N2O3/c1-4-11(9-13(17)18)15-14(19)16(12-5-6-12)8-7-10(2)3/h10-12H,4-9H2,1-3H3,(H,15,19)(H,17,18). The van der Waals surface area contributed by atoms with Crippen LogP contribution in [0.2, 0.25) is 0 Å². The zero-order chi connectivity index (χ0) is 14.4. The minimum atomic E-state index is -0.868. The van der Waals surface area contributed by atoms with Gasteiger partial charge in [-0.05, 0) is 31.6 Å². The van der Waals surface area contributed by atoms with Crippen LogP contribution in [0.25, 0.3) is 0 Å². The number of carbonyl (C=O) groups excluding carboxylic acids is 1. The predicted molar refractivity (Wildman–Crippen MR) is 74.0 cm³/mol. The third kappa shape index (κ3) is 5.94. The van der Waals surface area contributed by atoms with E-state index in [0.29, 0.717) is 18.4 Å². The Hall–Kier alpha value is -1.26. The molecule has 110 valence electrons. The Balaban J connectivity index is 2.48.